The number of nitrogens with zero attached hydrogens (tertiary/aromatic N) is 3. The highest BCUT2D eigenvalue weighted by molar-refractivity contribution is 6.31. The van der Waals surface area contributed by atoms with Crippen molar-refractivity contribution in [2.75, 3.05) is 19.5 Å². The third-order valence-electron chi connectivity index (χ3n) is 3.80. The molecule has 8 heteroatoms. The van der Waals surface area contributed by atoms with Crippen LogP contribution >= 0.6 is 11.6 Å². The Balaban J connectivity index is 1.86. The molecule has 1 saturated heterocycles. The van der Waals surface area contributed by atoms with Gasteiger partial charge in [0.1, 0.15) is 17.3 Å². The Morgan fingerprint density at radius 2 is 2.07 bits per heavy atom. The summed E-state index contributed by atoms with van der Waals surface area (Å²) in [5.41, 5.74) is -2.56. The number of likely N-dealkylation sites (tertiary alicyclic amines) is 1. The minimum atomic E-state index is -3.04. The molecule has 27 heavy (non-hydrogen) atoms. The van der Waals surface area contributed by atoms with Gasteiger partial charge in [-0.3, -0.25) is 4.79 Å². The molecule has 1 amide bonds. The summed E-state index contributed by atoms with van der Waals surface area (Å²) in [5.74, 6) is -1.83. The Hall–Kier alpha value is -2.12. The first kappa shape index (κ1) is 13.1. The summed E-state index contributed by atoms with van der Waals surface area (Å²) in [6.45, 7) is -7.28. The summed E-state index contributed by atoms with van der Waals surface area (Å²) in [4.78, 5) is 21.1. The lowest BCUT2D eigenvalue weighted by Gasteiger charge is -2.36. The molecule has 0 radical (unpaired) electrons. The van der Waals surface area contributed by atoms with E-state index in [1.807, 2.05) is 0 Å². The number of amides is 1. The van der Waals surface area contributed by atoms with Crippen LogP contribution in [0.1, 0.15) is 42.8 Å². The minimum Gasteiger partial charge on any atom is -0.338 e. The predicted octanol–water partition coefficient (Wildman–Crippen LogP) is 3.31. The first-order valence-corrected chi connectivity index (χ1v) is 8.47. The molecule has 1 aromatic carbocycles. The number of benzene rings is 1. The molecule has 1 fully saturated rings. The van der Waals surface area contributed by atoms with Crippen molar-refractivity contribution in [2.24, 2.45) is 0 Å². The Labute approximate surface area is 170 Å². The maximum absolute atomic E-state index is 15.9. The number of nitrogens with one attached hydrogen (secondary N) is 1. The molecule has 5 nitrogen and oxygen atoms in total. The fraction of sp³-hybridized carbons (Fsp3) is 0.421. The molecule has 0 unspecified atom stereocenters. The molecule has 2 aromatic rings. The summed E-state index contributed by atoms with van der Waals surface area (Å²) in [5, 5.41) is 1.89. The van der Waals surface area contributed by atoms with Gasteiger partial charge in [0.15, 0.2) is 0 Å². The van der Waals surface area contributed by atoms with Gasteiger partial charge in [-0.25, -0.2) is 18.7 Å². The van der Waals surface area contributed by atoms with Crippen LogP contribution in [0.2, 0.25) is 5.02 Å². The second-order valence-electron chi connectivity index (χ2n) is 6.06. The van der Waals surface area contributed by atoms with E-state index in [9.17, 15) is 9.18 Å². The molecular formula is C19H21ClF2N4O. The van der Waals surface area contributed by atoms with Crippen molar-refractivity contribution in [1.82, 2.24) is 20.2 Å². The highest BCUT2D eigenvalue weighted by atomic mass is 35.5. The fourth-order valence-corrected chi connectivity index (χ4v) is 2.49. The molecule has 0 atom stereocenters. The van der Waals surface area contributed by atoms with Crippen LogP contribution in [0.15, 0.2) is 30.6 Å². The fourth-order valence-electron chi connectivity index (χ4n) is 2.31. The van der Waals surface area contributed by atoms with Gasteiger partial charge in [0, 0.05) is 58.5 Å². The number of aromatic nitrogens is 2. The lowest BCUT2D eigenvalue weighted by molar-refractivity contribution is 0.0434. The summed E-state index contributed by atoms with van der Waals surface area (Å²) >= 11 is 5.68. The van der Waals surface area contributed by atoms with Crippen molar-refractivity contribution in [1.29, 1.82) is 0 Å². The number of carbonyl (C=O) groups is 1. The second kappa shape index (κ2) is 8.27. The molecule has 1 aliphatic rings. The van der Waals surface area contributed by atoms with Gasteiger partial charge < -0.3 is 10.2 Å². The van der Waals surface area contributed by atoms with Crippen LogP contribution in [-0.4, -0.2) is 45.9 Å². The summed E-state index contributed by atoms with van der Waals surface area (Å²) in [7, 11) is 0. The van der Waals surface area contributed by atoms with Crippen LogP contribution in [0.3, 0.4) is 0 Å². The normalized spacial score (nSPS) is 23.9. The van der Waals surface area contributed by atoms with E-state index in [0.717, 1.165) is 23.8 Å². The van der Waals surface area contributed by atoms with Gasteiger partial charge in [-0.2, -0.15) is 0 Å². The highest BCUT2D eigenvalue weighted by Crippen LogP contribution is 2.27. The number of hydrogen-bond acceptors (Lipinski definition) is 4. The van der Waals surface area contributed by atoms with Crippen molar-refractivity contribution in [3.8, 4) is 0 Å². The molecule has 3 rings (SSSR count). The number of carbonyl (C=O) groups excluding carboxylic acids is 1. The quantitative estimate of drug-likeness (QED) is 0.836. The van der Waals surface area contributed by atoms with E-state index in [2.05, 4.69) is 15.3 Å². The van der Waals surface area contributed by atoms with Crippen LogP contribution in [-0.2, 0) is 6.54 Å². The zero-order valence-corrected chi connectivity index (χ0v) is 15.1. The second-order valence-corrected chi connectivity index (χ2v) is 6.47. The zero-order valence-electron chi connectivity index (χ0n) is 20.4. The Kier molecular flexibility index (Phi) is 4.02. The number of piperidine rings is 1. The number of alkyl halides is 1. The maximum atomic E-state index is 15.9. The summed E-state index contributed by atoms with van der Waals surface area (Å²) < 4.78 is 78.6. The average molecular weight is 401 g/mol. The maximum Gasteiger partial charge on any atom is 0.253 e. The third kappa shape index (κ3) is 4.99. The number of rotatable bonds is 5. The van der Waals surface area contributed by atoms with Crippen LogP contribution in [0.5, 0.6) is 0 Å². The lowest BCUT2D eigenvalue weighted by Crippen LogP contribution is -2.48. The van der Waals surface area contributed by atoms with E-state index in [-0.39, 0.29) is 22.8 Å². The van der Waals surface area contributed by atoms with Gasteiger partial charge in [0.25, 0.3) is 5.91 Å². The number of aryl methyl sites for hydroxylation is 1. The van der Waals surface area contributed by atoms with E-state index in [1.165, 1.54) is 12.4 Å². The standard InChI is InChI=1S/C19H21ClF2N4O/c1-13-9-24-17(25-10-13)11-23-12-19(22)4-6-26(7-5-19)18(27)14-2-3-16(21)15(20)8-14/h2-3,8-10,23H,4-7,11-12H2,1H3/i6D2,7D2,12D2. The lowest BCUT2D eigenvalue weighted by atomic mass is 9.92. The molecule has 1 aromatic heterocycles. The van der Waals surface area contributed by atoms with Crippen LogP contribution in [0.4, 0.5) is 8.78 Å². The molecule has 144 valence electrons. The van der Waals surface area contributed by atoms with Gasteiger partial charge in [-0.15, -0.1) is 0 Å². The van der Waals surface area contributed by atoms with E-state index in [4.69, 9.17) is 19.8 Å². The van der Waals surface area contributed by atoms with Crippen molar-refractivity contribution in [3.05, 3.63) is 58.4 Å². The van der Waals surface area contributed by atoms with Crippen LogP contribution in [0.25, 0.3) is 0 Å². The smallest absolute Gasteiger partial charge is 0.253 e. The number of halogens is 3. The molecule has 0 saturated carbocycles. The third-order valence-corrected chi connectivity index (χ3v) is 4.09. The van der Waals surface area contributed by atoms with E-state index >= 15 is 4.39 Å². The predicted molar refractivity (Wildman–Crippen MR) is 98.9 cm³/mol. The molecule has 1 N–H and O–H groups in total. The van der Waals surface area contributed by atoms with Gasteiger partial charge in [-0.05, 0) is 30.7 Å². The first-order chi connectivity index (χ1) is 15.1. The van der Waals surface area contributed by atoms with E-state index < -0.39 is 54.7 Å². The van der Waals surface area contributed by atoms with E-state index in [1.54, 1.807) is 6.92 Å². The van der Waals surface area contributed by atoms with E-state index in [0.29, 0.717) is 0 Å². The van der Waals surface area contributed by atoms with Crippen molar-refractivity contribution < 1.29 is 21.8 Å². The summed E-state index contributed by atoms with van der Waals surface area (Å²) in [6, 6.07) is 2.81. The highest BCUT2D eigenvalue weighted by Gasteiger charge is 2.36. The zero-order chi connectivity index (χ0) is 24.8. The van der Waals surface area contributed by atoms with Crippen molar-refractivity contribution >= 4 is 17.5 Å². The Bertz CT molecular complexity index is 1040. The Morgan fingerprint density at radius 1 is 1.41 bits per heavy atom. The SMILES string of the molecule is [2H]C1([2H])CC(F)(C([2H])([2H])NCc2ncc(C)cn2)CC([2H])([2H])N1C(=O)c1ccc(F)c(Cl)c1. The average Bonchev–Trinajstić information content (AvgIpc) is 2.67. The van der Waals surface area contributed by atoms with Gasteiger partial charge in [0.05, 0.1) is 11.6 Å². The Morgan fingerprint density at radius 3 is 2.70 bits per heavy atom. The van der Waals surface area contributed by atoms with Crippen LogP contribution in [0, 0.1) is 12.7 Å². The molecule has 0 bridgehead atoms. The van der Waals surface area contributed by atoms with Gasteiger partial charge >= 0.3 is 0 Å². The minimum absolute atomic E-state index is 0.167. The molecule has 1 aliphatic heterocycles. The summed E-state index contributed by atoms with van der Waals surface area (Å²) in [6.07, 6.45) is 0.672. The van der Waals surface area contributed by atoms with Crippen LogP contribution < -0.4 is 5.32 Å². The van der Waals surface area contributed by atoms with Crippen molar-refractivity contribution in [3.63, 3.8) is 0 Å². The molecular weight excluding hydrogens is 374 g/mol. The molecule has 2 heterocycles. The topological polar surface area (TPSA) is 58.1 Å². The van der Waals surface area contributed by atoms with Gasteiger partial charge in [-0.1, -0.05) is 11.6 Å². The van der Waals surface area contributed by atoms with Crippen molar-refractivity contribution in [2.45, 2.75) is 32.0 Å². The molecule has 0 spiro atoms. The molecule has 0 aliphatic carbocycles. The monoisotopic (exact) mass is 400 g/mol. The largest absolute Gasteiger partial charge is 0.338 e. The number of hydrogen-bond donors (Lipinski definition) is 1. The van der Waals surface area contributed by atoms with Gasteiger partial charge in [0.2, 0.25) is 0 Å². The first-order valence-electron chi connectivity index (χ1n) is 11.1.